The van der Waals surface area contributed by atoms with Crippen LogP contribution in [0.25, 0.3) is 0 Å². The molecule has 0 spiro atoms. The normalized spacial score (nSPS) is 15.4. The summed E-state index contributed by atoms with van der Waals surface area (Å²) in [7, 11) is -1.18. The standard InChI is InChI=1S/C17H22BN7O4/c1-10(26)14-4-2-3-11-7-12(18(28)29-16(11)14)8-13(27)9-15-22-23-24-25(15)6-5-21-17(19)20/h2-4,12,28H,5-9H2,1H3,(H4,19,20,21)/t12-/m1/s1. The van der Waals surface area contributed by atoms with E-state index in [1.165, 1.54) is 11.6 Å². The molecule has 3 rings (SSSR count). The van der Waals surface area contributed by atoms with Gasteiger partial charge in [-0.2, -0.15) is 0 Å². The number of benzene rings is 1. The zero-order chi connectivity index (χ0) is 21.0. The van der Waals surface area contributed by atoms with Gasteiger partial charge in [0, 0.05) is 12.2 Å². The van der Waals surface area contributed by atoms with Crippen molar-refractivity contribution in [3.05, 3.63) is 35.2 Å². The lowest BCUT2D eigenvalue weighted by Crippen LogP contribution is -2.36. The Morgan fingerprint density at radius 3 is 2.93 bits per heavy atom. The van der Waals surface area contributed by atoms with Crippen LogP contribution in [-0.2, 0) is 24.2 Å². The minimum Gasteiger partial charge on any atom is -0.535 e. The Morgan fingerprint density at radius 2 is 2.21 bits per heavy atom. The van der Waals surface area contributed by atoms with Gasteiger partial charge in [-0.1, -0.05) is 12.1 Å². The van der Waals surface area contributed by atoms with Gasteiger partial charge in [-0.25, -0.2) is 4.68 Å². The number of fused-ring (bicyclic) bond motifs is 1. The van der Waals surface area contributed by atoms with Crippen molar-refractivity contribution in [2.24, 2.45) is 16.5 Å². The van der Waals surface area contributed by atoms with Crippen LogP contribution >= 0.6 is 0 Å². The molecule has 0 saturated carbocycles. The molecule has 1 aromatic carbocycles. The molecule has 1 aromatic heterocycles. The monoisotopic (exact) mass is 399 g/mol. The van der Waals surface area contributed by atoms with Crippen molar-refractivity contribution in [3.63, 3.8) is 0 Å². The van der Waals surface area contributed by atoms with Gasteiger partial charge in [0.05, 0.1) is 25.1 Å². The maximum Gasteiger partial charge on any atom is 0.526 e. The lowest BCUT2D eigenvalue weighted by atomic mass is 9.64. The lowest BCUT2D eigenvalue weighted by Gasteiger charge is -2.28. The first-order chi connectivity index (χ1) is 13.8. The highest BCUT2D eigenvalue weighted by atomic mass is 16.5. The lowest BCUT2D eigenvalue weighted by molar-refractivity contribution is -0.118. The van der Waals surface area contributed by atoms with Gasteiger partial charge in [0.15, 0.2) is 17.6 Å². The molecule has 0 aliphatic carbocycles. The number of ketones is 2. The second kappa shape index (κ2) is 8.82. The fourth-order valence-electron chi connectivity index (χ4n) is 3.27. The van der Waals surface area contributed by atoms with Crippen LogP contribution in [0.4, 0.5) is 0 Å². The van der Waals surface area contributed by atoms with Crippen LogP contribution in [0, 0.1) is 0 Å². The molecular weight excluding hydrogens is 377 g/mol. The topological polar surface area (TPSA) is 172 Å². The van der Waals surface area contributed by atoms with Crippen LogP contribution < -0.4 is 16.1 Å². The van der Waals surface area contributed by atoms with Crippen molar-refractivity contribution in [2.45, 2.75) is 38.5 Å². The molecule has 5 N–H and O–H groups in total. The van der Waals surface area contributed by atoms with Gasteiger partial charge in [-0.15, -0.1) is 5.10 Å². The maximum atomic E-state index is 12.5. The molecule has 12 heteroatoms. The largest absolute Gasteiger partial charge is 0.535 e. The molecule has 0 saturated heterocycles. The Morgan fingerprint density at radius 1 is 1.41 bits per heavy atom. The van der Waals surface area contributed by atoms with E-state index in [4.69, 9.17) is 16.1 Å². The molecule has 0 bridgehead atoms. The van der Waals surface area contributed by atoms with Gasteiger partial charge in [0.2, 0.25) is 0 Å². The van der Waals surface area contributed by atoms with Crippen LogP contribution in [0.3, 0.4) is 0 Å². The highest BCUT2D eigenvalue weighted by molar-refractivity contribution is 6.47. The number of tetrazole rings is 1. The van der Waals surface area contributed by atoms with Gasteiger partial charge in [-0.3, -0.25) is 14.6 Å². The molecule has 2 heterocycles. The molecule has 152 valence electrons. The minimum absolute atomic E-state index is 0.0123. The zero-order valence-electron chi connectivity index (χ0n) is 16.0. The van der Waals surface area contributed by atoms with Gasteiger partial charge in [-0.05, 0) is 35.4 Å². The Bertz CT molecular complexity index is 942. The molecule has 0 amide bonds. The number of carbonyl (C=O) groups excluding carboxylic acids is 2. The maximum absolute atomic E-state index is 12.5. The summed E-state index contributed by atoms with van der Waals surface area (Å²) in [5.41, 5.74) is 11.8. The van der Waals surface area contributed by atoms with Crippen molar-refractivity contribution in [3.8, 4) is 5.75 Å². The minimum atomic E-state index is -1.18. The second-order valence-corrected chi connectivity index (χ2v) is 6.87. The molecule has 0 fully saturated rings. The van der Waals surface area contributed by atoms with E-state index >= 15 is 0 Å². The smallest absolute Gasteiger partial charge is 0.526 e. The second-order valence-electron chi connectivity index (χ2n) is 6.87. The summed E-state index contributed by atoms with van der Waals surface area (Å²) in [6.07, 6.45) is 0.531. The average Bonchev–Trinajstić information content (AvgIpc) is 3.08. The molecule has 0 radical (unpaired) electrons. The number of para-hydroxylation sites is 1. The van der Waals surface area contributed by atoms with Crippen LogP contribution in [0.5, 0.6) is 5.75 Å². The summed E-state index contributed by atoms with van der Waals surface area (Å²) in [6, 6.07) is 5.25. The number of rotatable bonds is 8. The van der Waals surface area contributed by atoms with E-state index in [1.807, 2.05) is 6.07 Å². The molecule has 0 unspecified atom stereocenters. The number of aliphatic imine (C=N–C) groups is 1. The van der Waals surface area contributed by atoms with Gasteiger partial charge < -0.3 is 21.1 Å². The van der Waals surface area contributed by atoms with Crippen LogP contribution in [-0.4, -0.2) is 56.4 Å². The van der Waals surface area contributed by atoms with E-state index in [0.717, 1.165) is 5.56 Å². The van der Waals surface area contributed by atoms with E-state index in [9.17, 15) is 14.6 Å². The highest BCUT2D eigenvalue weighted by Crippen LogP contribution is 2.36. The number of hydrogen-bond acceptors (Lipinski definition) is 8. The van der Waals surface area contributed by atoms with E-state index in [0.29, 0.717) is 36.6 Å². The van der Waals surface area contributed by atoms with Crippen molar-refractivity contribution >= 4 is 24.6 Å². The van der Waals surface area contributed by atoms with Crippen molar-refractivity contribution in [1.82, 2.24) is 20.2 Å². The Kier molecular flexibility index (Phi) is 6.22. The molecule has 11 nitrogen and oxygen atoms in total. The number of carbonyl (C=O) groups is 2. The van der Waals surface area contributed by atoms with Crippen molar-refractivity contribution in [2.75, 3.05) is 6.54 Å². The third-order valence-electron chi connectivity index (χ3n) is 4.66. The number of nitrogens with two attached hydrogens (primary N) is 2. The van der Waals surface area contributed by atoms with E-state index in [-0.39, 0.29) is 30.4 Å². The third kappa shape index (κ3) is 4.96. The summed E-state index contributed by atoms with van der Waals surface area (Å²) >= 11 is 0. The number of Topliss-reactive ketones (excluding diaryl/α,β-unsaturated/α-hetero) is 2. The quantitative estimate of drug-likeness (QED) is 0.221. The first kappa shape index (κ1) is 20.5. The summed E-state index contributed by atoms with van der Waals surface area (Å²) in [4.78, 5) is 28.2. The fourth-order valence-corrected chi connectivity index (χ4v) is 3.27. The van der Waals surface area contributed by atoms with Crippen LogP contribution in [0.1, 0.15) is 35.1 Å². The average molecular weight is 399 g/mol. The predicted molar refractivity (Wildman–Crippen MR) is 104 cm³/mol. The molecular formula is C17H22BN7O4. The number of hydrogen-bond donors (Lipinski definition) is 3. The Balaban J connectivity index is 1.63. The van der Waals surface area contributed by atoms with Gasteiger partial charge >= 0.3 is 7.12 Å². The van der Waals surface area contributed by atoms with E-state index in [2.05, 4.69) is 20.5 Å². The van der Waals surface area contributed by atoms with E-state index < -0.39 is 12.9 Å². The van der Waals surface area contributed by atoms with Crippen LogP contribution in [0.15, 0.2) is 23.2 Å². The summed E-state index contributed by atoms with van der Waals surface area (Å²) in [5.74, 6) is 0.0439. The first-order valence-electron chi connectivity index (χ1n) is 9.14. The number of guanidine groups is 1. The molecule has 1 aliphatic rings. The Hall–Kier alpha value is -3.28. The SMILES string of the molecule is CC(=O)c1cccc2c1OB(O)[C@@H](CC(=O)Cc1nnnn1CCN=C(N)N)C2. The molecule has 1 aliphatic heterocycles. The molecule has 29 heavy (non-hydrogen) atoms. The zero-order valence-corrected chi connectivity index (χ0v) is 16.0. The van der Waals surface area contributed by atoms with Crippen LogP contribution in [0.2, 0.25) is 5.82 Å². The summed E-state index contributed by atoms with van der Waals surface area (Å²) in [5, 5.41) is 21.6. The van der Waals surface area contributed by atoms with Gasteiger partial charge in [0.1, 0.15) is 11.5 Å². The number of aromatic nitrogens is 4. The van der Waals surface area contributed by atoms with E-state index in [1.54, 1.807) is 12.1 Å². The predicted octanol–water partition coefficient (Wildman–Crippen LogP) is -0.863. The number of nitrogens with zero attached hydrogens (tertiary/aromatic N) is 5. The molecule has 2 aromatic rings. The molecule has 1 atom stereocenters. The summed E-state index contributed by atoms with van der Waals surface area (Å²) in [6.45, 7) is 2.07. The summed E-state index contributed by atoms with van der Waals surface area (Å²) < 4.78 is 7.04. The third-order valence-corrected chi connectivity index (χ3v) is 4.66. The Labute approximate surface area is 167 Å². The van der Waals surface area contributed by atoms with Gasteiger partial charge in [0.25, 0.3) is 0 Å². The van der Waals surface area contributed by atoms with Crippen molar-refractivity contribution in [1.29, 1.82) is 0 Å². The first-order valence-corrected chi connectivity index (χ1v) is 9.14. The highest BCUT2D eigenvalue weighted by Gasteiger charge is 2.37. The van der Waals surface area contributed by atoms with Crippen molar-refractivity contribution < 1.29 is 19.3 Å². The fraction of sp³-hybridized carbons (Fsp3) is 0.412.